The van der Waals surface area contributed by atoms with Crippen LogP contribution >= 0.6 is 23.8 Å². The number of phosphoric acid groups is 1. The molecular formula is C28H31BrN3O4P. The minimum Gasteiger partial charge on any atom is -0.287 e. The van der Waals surface area contributed by atoms with Gasteiger partial charge in [0.15, 0.2) is 5.82 Å². The number of aromatic nitrogens is 3. The number of benzene rings is 3. The van der Waals surface area contributed by atoms with Gasteiger partial charge >= 0.3 is 7.82 Å². The molecule has 1 unspecified atom stereocenters. The Bertz CT molecular complexity index is 1180. The lowest BCUT2D eigenvalue weighted by Gasteiger charge is -2.35. The van der Waals surface area contributed by atoms with E-state index in [0.29, 0.717) is 12.2 Å². The molecule has 194 valence electrons. The van der Waals surface area contributed by atoms with Crippen molar-refractivity contribution in [3.05, 3.63) is 120 Å². The molecule has 0 aliphatic rings. The van der Waals surface area contributed by atoms with Gasteiger partial charge in [-0.3, -0.25) is 13.6 Å². The van der Waals surface area contributed by atoms with Crippen LogP contribution in [-0.2, 0) is 23.7 Å². The fourth-order valence-electron chi connectivity index (χ4n) is 4.34. The molecular weight excluding hydrogens is 553 g/mol. The molecule has 1 aromatic heterocycles. The molecule has 0 bridgehead atoms. The van der Waals surface area contributed by atoms with Gasteiger partial charge in [-0.2, -0.15) is 5.10 Å². The van der Waals surface area contributed by atoms with Crippen LogP contribution in [0.1, 0.15) is 47.6 Å². The molecule has 1 heterocycles. The molecule has 0 aliphatic heterocycles. The molecule has 37 heavy (non-hydrogen) atoms. The maximum Gasteiger partial charge on any atom is 0.474 e. The lowest BCUT2D eigenvalue weighted by atomic mass is 9.77. The van der Waals surface area contributed by atoms with E-state index in [1.54, 1.807) is 20.2 Å². The van der Waals surface area contributed by atoms with Gasteiger partial charge in [0.25, 0.3) is 0 Å². The van der Waals surface area contributed by atoms with Crippen LogP contribution in [0.2, 0.25) is 0 Å². The van der Waals surface area contributed by atoms with Crippen molar-refractivity contribution in [1.29, 1.82) is 0 Å². The summed E-state index contributed by atoms with van der Waals surface area (Å²) in [5.74, 6) is 0.596. The average Bonchev–Trinajstić information content (AvgIpc) is 3.42. The van der Waals surface area contributed by atoms with Gasteiger partial charge in [-0.1, -0.05) is 107 Å². The Morgan fingerprint density at radius 2 is 1.27 bits per heavy atom. The van der Waals surface area contributed by atoms with Crippen molar-refractivity contribution >= 4 is 23.8 Å². The summed E-state index contributed by atoms with van der Waals surface area (Å²) in [6, 6.07) is 30.9. The summed E-state index contributed by atoms with van der Waals surface area (Å²) >= 11 is 3.69. The Morgan fingerprint density at radius 1 is 0.811 bits per heavy atom. The lowest BCUT2D eigenvalue weighted by molar-refractivity contribution is 0.120. The van der Waals surface area contributed by atoms with Crippen molar-refractivity contribution in [2.75, 3.05) is 19.8 Å². The van der Waals surface area contributed by atoms with Crippen molar-refractivity contribution < 1.29 is 18.1 Å². The van der Waals surface area contributed by atoms with E-state index in [1.807, 2.05) is 59.3 Å². The van der Waals surface area contributed by atoms with Gasteiger partial charge in [0.05, 0.1) is 24.6 Å². The highest BCUT2D eigenvalue weighted by atomic mass is 79.9. The van der Waals surface area contributed by atoms with Crippen molar-refractivity contribution in [3.8, 4) is 0 Å². The summed E-state index contributed by atoms with van der Waals surface area (Å²) in [6.07, 6.45) is 2.24. The Kier molecular flexibility index (Phi) is 9.46. The molecule has 0 fully saturated rings. The molecule has 0 N–H and O–H groups in total. The normalized spacial score (nSPS) is 12.9. The van der Waals surface area contributed by atoms with Gasteiger partial charge in [-0.05, 0) is 37.0 Å². The second-order valence-corrected chi connectivity index (χ2v) is 11.0. The summed E-state index contributed by atoms with van der Waals surface area (Å²) < 4.78 is 30.5. The van der Waals surface area contributed by atoms with Crippen molar-refractivity contribution in [1.82, 2.24) is 14.8 Å². The van der Waals surface area contributed by atoms with Crippen LogP contribution in [0.3, 0.4) is 0 Å². The molecule has 1 atom stereocenters. The summed E-state index contributed by atoms with van der Waals surface area (Å²) in [5.41, 5.74) is 2.45. The second kappa shape index (κ2) is 12.8. The number of halogens is 1. The van der Waals surface area contributed by atoms with Crippen LogP contribution in [0.25, 0.3) is 0 Å². The van der Waals surface area contributed by atoms with Gasteiger partial charge < -0.3 is 0 Å². The number of rotatable bonds is 13. The fourth-order valence-corrected chi connectivity index (χ4v) is 5.92. The predicted octanol–water partition coefficient (Wildman–Crippen LogP) is 7.14. The molecule has 0 aliphatic carbocycles. The molecule has 4 aromatic rings. The third-order valence-corrected chi connectivity index (χ3v) is 8.42. The molecule has 9 heteroatoms. The van der Waals surface area contributed by atoms with Gasteiger partial charge in [0.2, 0.25) is 0 Å². The topological polar surface area (TPSA) is 75.5 Å². The van der Waals surface area contributed by atoms with Crippen LogP contribution in [0.5, 0.6) is 0 Å². The number of hydrogen-bond acceptors (Lipinski definition) is 6. The van der Waals surface area contributed by atoms with E-state index >= 15 is 0 Å². The van der Waals surface area contributed by atoms with Crippen LogP contribution in [-0.4, -0.2) is 34.6 Å². The van der Waals surface area contributed by atoms with E-state index in [4.69, 9.17) is 18.7 Å². The molecule has 3 aromatic carbocycles. The monoisotopic (exact) mass is 583 g/mol. The minimum absolute atomic E-state index is 0.156. The highest BCUT2D eigenvalue weighted by Crippen LogP contribution is 2.49. The Hall–Kier alpha value is -2.61. The number of nitrogens with zero attached hydrogens (tertiary/aromatic N) is 3. The summed E-state index contributed by atoms with van der Waals surface area (Å²) in [4.78, 5) is 4.43. The van der Waals surface area contributed by atoms with Gasteiger partial charge in [0, 0.05) is 0 Å². The lowest BCUT2D eigenvalue weighted by Crippen LogP contribution is -2.38. The molecule has 7 nitrogen and oxygen atoms in total. The first-order valence-corrected chi connectivity index (χ1v) is 14.7. The van der Waals surface area contributed by atoms with E-state index in [2.05, 4.69) is 57.3 Å². The van der Waals surface area contributed by atoms with E-state index < -0.39 is 13.4 Å². The highest BCUT2D eigenvalue weighted by molar-refractivity contribution is 9.09. The van der Waals surface area contributed by atoms with Gasteiger partial charge in [-0.15, -0.1) is 0 Å². The summed E-state index contributed by atoms with van der Waals surface area (Å²) in [6.45, 7) is 4.13. The molecule has 0 radical (unpaired) electrons. The minimum atomic E-state index is -3.58. The van der Waals surface area contributed by atoms with Crippen LogP contribution < -0.4 is 0 Å². The Labute approximate surface area is 226 Å². The largest absolute Gasteiger partial charge is 0.474 e. The standard InChI is InChI=1S/C28H31BrN3O4P/c1-3-34-37(33,35-4-2)36-21-20-26(29)27-30-22-32(31-27)28(23-14-8-5-9-15-23,24-16-10-6-11-17-24)25-18-12-7-13-19-25/h5-19,22,26H,3-4,20-21H2,1-2H3. The quantitative estimate of drug-likeness (QED) is 0.0945. The molecule has 4 rings (SSSR count). The van der Waals surface area contributed by atoms with Gasteiger partial charge in [0.1, 0.15) is 11.9 Å². The molecule has 0 amide bonds. The third-order valence-electron chi connectivity index (χ3n) is 5.90. The fraction of sp³-hybridized carbons (Fsp3) is 0.286. The first kappa shape index (κ1) is 27.4. The van der Waals surface area contributed by atoms with Crippen molar-refractivity contribution in [3.63, 3.8) is 0 Å². The van der Waals surface area contributed by atoms with E-state index in [0.717, 1.165) is 16.7 Å². The Balaban J connectivity index is 1.70. The van der Waals surface area contributed by atoms with Crippen LogP contribution in [0.15, 0.2) is 97.3 Å². The first-order chi connectivity index (χ1) is 18.0. The summed E-state index contributed by atoms with van der Waals surface area (Å²) in [5, 5.41) is 4.97. The summed E-state index contributed by atoms with van der Waals surface area (Å²) in [7, 11) is -3.58. The maximum atomic E-state index is 12.6. The smallest absolute Gasteiger partial charge is 0.287 e. The molecule has 0 saturated heterocycles. The van der Waals surface area contributed by atoms with E-state index in [9.17, 15) is 4.57 Å². The highest BCUT2D eigenvalue weighted by Gasteiger charge is 2.40. The van der Waals surface area contributed by atoms with Crippen LogP contribution in [0.4, 0.5) is 0 Å². The zero-order valence-corrected chi connectivity index (χ0v) is 23.4. The number of phosphoric ester groups is 1. The van der Waals surface area contributed by atoms with Crippen LogP contribution in [0, 0.1) is 0 Å². The van der Waals surface area contributed by atoms with E-state index in [-0.39, 0.29) is 24.6 Å². The second-order valence-electron chi connectivity index (χ2n) is 8.23. The van der Waals surface area contributed by atoms with E-state index in [1.165, 1.54) is 0 Å². The van der Waals surface area contributed by atoms with Gasteiger partial charge in [-0.25, -0.2) is 14.2 Å². The predicted molar refractivity (Wildman–Crippen MR) is 148 cm³/mol. The van der Waals surface area contributed by atoms with Crippen molar-refractivity contribution in [2.45, 2.75) is 30.6 Å². The Morgan fingerprint density at radius 3 is 1.70 bits per heavy atom. The zero-order valence-electron chi connectivity index (χ0n) is 20.9. The average molecular weight is 584 g/mol. The number of alkyl halides is 1. The maximum absolute atomic E-state index is 12.6. The number of hydrogen-bond donors (Lipinski definition) is 0. The third kappa shape index (κ3) is 6.11. The zero-order chi connectivity index (χ0) is 26.1. The van der Waals surface area contributed by atoms with Crippen molar-refractivity contribution in [2.24, 2.45) is 0 Å². The molecule has 0 saturated carbocycles. The molecule has 0 spiro atoms. The SMILES string of the molecule is CCOP(=O)(OCC)OCCC(Br)c1ncn(C(c2ccccc2)(c2ccccc2)c2ccccc2)n1. The first-order valence-electron chi connectivity index (χ1n) is 12.3.